The fraction of sp³-hybridized carbons (Fsp3) is 0.182. The standard InChI is InChI=1S/C11H12N2O/c1-8(12)10-7-11(14-13-10)9-5-3-2-4-6-9/h2-8H,12H2,1H3/t8-/m0/s1. The summed E-state index contributed by atoms with van der Waals surface area (Å²) in [5, 5.41) is 3.89. The molecule has 0 aliphatic heterocycles. The highest BCUT2D eigenvalue weighted by Crippen LogP contribution is 2.21. The summed E-state index contributed by atoms with van der Waals surface area (Å²) in [6.45, 7) is 1.88. The van der Waals surface area contributed by atoms with Crippen molar-refractivity contribution in [3.05, 3.63) is 42.1 Å². The molecular formula is C11H12N2O. The van der Waals surface area contributed by atoms with E-state index in [0.29, 0.717) is 0 Å². The van der Waals surface area contributed by atoms with Crippen molar-refractivity contribution in [2.24, 2.45) is 5.73 Å². The van der Waals surface area contributed by atoms with E-state index in [9.17, 15) is 0 Å². The predicted octanol–water partition coefficient (Wildman–Crippen LogP) is 2.36. The summed E-state index contributed by atoms with van der Waals surface area (Å²) in [7, 11) is 0. The Bertz CT molecular complexity index is 406. The zero-order chi connectivity index (χ0) is 9.97. The van der Waals surface area contributed by atoms with Crippen LogP contribution in [0.1, 0.15) is 18.7 Å². The summed E-state index contributed by atoms with van der Waals surface area (Å²) >= 11 is 0. The molecule has 0 saturated carbocycles. The molecule has 3 heteroatoms. The number of nitrogens with zero attached hydrogens (tertiary/aromatic N) is 1. The van der Waals surface area contributed by atoms with Crippen molar-refractivity contribution in [2.45, 2.75) is 13.0 Å². The van der Waals surface area contributed by atoms with Gasteiger partial charge in [-0.05, 0) is 6.92 Å². The third-order valence-corrected chi connectivity index (χ3v) is 2.05. The van der Waals surface area contributed by atoms with Crippen LogP contribution in [0.4, 0.5) is 0 Å². The van der Waals surface area contributed by atoms with Crippen LogP contribution in [0.5, 0.6) is 0 Å². The molecule has 3 nitrogen and oxygen atoms in total. The molecule has 1 heterocycles. The van der Waals surface area contributed by atoms with Crippen molar-refractivity contribution in [1.82, 2.24) is 5.16 Å². The molecule has 0 aliphatic carbocycles. The van der Waals surface area contributed by atoms with E-state index in [1.54, 1.807) is 0 Å². The van der Waals surface area contributed by atoms with Gasteiger partial charge in [-0.2, -0.15) is 0 Å². The van der Waals surface area contributed by atoms with Crippen molar-refractivity contribution in [3.8, 4) is 11.3 Å². The van der Waals surface area contributed by atoms with Gasteiger partial charge < -0.3 is 10.3 Å². The average Bonchev–Trinajstić information content (AvgIpc) is 2.68. The number of nitrogens with two attached hydrogens (primary N) is 1. The van der Waals surface area contributed by atoms with Crippen LogP contribution in [-0.4, -0.2) is 5.16 Å². The Morgan fingerprint density at radius 1 is 1.29 bits per heavy atom. The van der Waals surface area contributed by atoms with Crippen LogP contribution in [0.25, 0.3) is 11.3 Å². The summed E-state index contributed by atoms with van der Waals surface area (Å²) in [4.78, 5) is 0. The maximum absolute atomic E-state index is 5.68. The molecule has 1 aromatic heterocycles. The second kappa shape index (κ2) is 3.64. The lowest BCUT2D eigenvalue weighted by molar-refractivity contribution is 0.419. The highest BCUT2D eigenvalue weighted by atomic mass is 16.5. The zero-order valence-corrected chi connectivity index (χ0v) is 7.97. The SMILES string of the molecule is C[C@H](N)c1cc(-c2ccccc2)on1. The van der Waals surface area contributed by atoms with E-state index in [0.717, 1.165) is 17.0 Å². The molecule has 0 radical (unpaired) electrons. The van der Waals surface area contributed by atoms with Crippen LogP contribution in [0.15, 0.2) is 40.9 Å². The largest absolute Gasteiger partial charge is 0.356 e. The third-order valence-electron chi connectivity index (χ3n) is 2.05. The minimum atomic E-state index is -0.0868. The Labute approximate surface area is 82.5 Å². The van der Waals surface area contributed by atoms with Gasteiger partial charge in [-0.25, -0.2) is 0 Å². The lowest BCUT2D eigenvalue weighted by Gasteiger charge is -1.94. The number of benzene rings is 1. The van der Waals surface area contributed by atoms with Gasteiger partial charge in [0.25, 0.3) is 0 Å². The second-order valence-corrected chi connectivity index (χ2v) is 3.27. The molecule has 0 amide bonds. The predicted molar refractivity (Wildman–Crippen MR) is 54.5 cm³/mol. The number of hydrogen-bond acceptors (Lipinski definition) is 3. The summed E-state index contributed by atoms with van der Waals surface area (Å²) in [5.74, 6) is 0.762. The summed E-state index contributed by atoms with van der Waals surface area (Å²) in [5.41, 5.74) is 7.48. The summed E-state index contributed by atoms with van der Waals surface area (Å²) in [6, 6.07) is 11.6. The van der Waals surface area contributed by atoms with Gasteiger partial charge in [-0.3, -0.25) is 0 Å². The molecule has 0 saturated heterocycles. The van der Waals surface area contributed by atoms with E-state index >= 15 is 0 Å². The molecule has 2 rings (SSSR count). The van der Waals surface area contributed by atoms with Gasteiger partial charge in [-0.1, -0.05) is 35.5 Å². The second-order valence-electron chi connectivity index (χ2n) is 3.27. The molecule has 0 bridgehead atoms. The first-order valence-corrected chi connectivity index (χ1v) is 4.55. The quantitative estimate of drug-likeness (QED) is 0.787. The first-order valence-electron chi connectivity index (χ1n) is 4.55. The Balaban J connectivity index is 2.34. The number of rotatable bonds is 2. The lowest BCUT2D eigenvalue weighted by Crippen LogP contribution is -2.04. The van der Waals surface area contributed by atoms with Crippen molar-refractivity contribution < 1.29 is 4.52 Å². The molecule has 1 atom stereocenters. The zero-order valence-electron chi connectivity index (χ0n) is 7.97. The normalized spacial score (nSPS) is 12.7. The van der Waals surface area contributed by atoms with Crippen LogP contribution in [0, 0.1) is 0 Å². The van der Waals surface area contributed by atoms with Crippen molar-refractivity contribution >= 4 is 0 Å². The van der Waals surface area contributed by atoms with E-state index < -0.39 is 0 Å². The number of hydrogen-bond donors (Lipinski definition) is 1. The topological polar surface area (TPSA) is 52.0 Å². The van der Waals surface area contributed by atoms with Crippen molar-refractivity contribution in [3.63, 3.8) is 0 Å². The highest BCUT2D eigenvalue weighted by molar-refractivity contribution is 5.56. The molecule has 14 heavy (non-hydrogen) atoms. The molecule has 0 spiro atoms. The molecular weight excluding hydrogens is 176 g/mol. The highest BCUT2D eigenvalue weighted by Gasteiger charge is 2.08. The minimum Gasteiger partial charge on any atom is -0.356 e. The molecule has 72 valence electrons. The van der Waals surface area contributed by atoms with Gasteiger partial charge in [0, 0.05) is 17.7 Å². The van der Waals surface area contributed by atoms with Crippen LogP contribution in [0.2, 0.25) is 0 Å². The van der Waals surface area contributed by atoms with Crippen LogP contribution >= 0.6 is 0 Å². The van der Waals surface area contributed by atoms with Crippen molar-refractivity contribution in [1.29, 1.82) is 0 Å². The van der Waals surface area contributed by atoms with E-state index in [1.807, 2.05) is 43.3 Å². The van der Waals surface area contributed by atoms with Crippen LogP contribution < -0.4 is 5.73 Å². The fourth-order valence-corrected chi connectivity index (χ4v) is 1.24. The molecule has 0 fully saturated rings. The first kappa shape index (κ1) is 8.97. The summed E-state index contributed by atoms with van der Waals surface area (Å²) in [6.07, 6.45) is 0. The minimum absolute atomic E-state index is 0.0868. The molecule has 1 aromatic carbocycles. The van der Waals surface area contributed by atoms with Gasteiger partial charge in [-0.15, -0.1) is 0 Å². The summed E-state index contributed by atoms with van der Waals surface area (Å²) < 4.78 is 5.18. The lowest BCUT2D eigenvalue weighted by atomic mass is 10.1. The molecule has 0 aliphatic rings. The Hall–Kier alpha value is -1.61. The molecule has 0 unspecified atom stereocenters. The first-order chi connectivity index (χ1) is 6.77. The maximum Gasteiger partial charge on any atom is 0.167 e. The maximum atomic E-state index is 5.68. The van der Waals surface area contributed by atoms with E-state index in [4.69, 9.17) is 10.3 Å². The van der Waals surface area contributed by atoms with Crippen molar-refractivity contribution in [2.75, 3.05) is 0 Å². The van der Waals surface area contributed by atoms with E-state index in [1.165, 1.54) is 0 Å². The Morgan fingerprint density at radius 3 is 2.57 bits per heavy atom. The van der Waals surface area contributed by atoms with Crippen LogP contribution in [-0.2, 0) is 0 Å². The average molecular weight is 188 g/mol. The van der Waals surface area contributed by atoms with Gasteiger partial charge in [0.05, 0.1) is 0 Å². The Kier molecular flexibility index (Phi) is 2.33. The third kappa shape index (κ3) is 1.67. The van der Waals surface area contributed by atoms with Gasteiger partial charge in [0.2, 0.25) is 0 Å². The van der Waals surface area contributed by atoms with Gasteiger partial charge >= 0.3 is 0 Å². The van der Waals surface area contributed by atoms with Gasteiger partial charge in [0.15, 0.2) is 5.76 Å². The monoisotopic (exact) mass is 188 g/mol. The number of aromatic nitrogens is 1. The fourth-order valence-electron chi connectivity index (χ4n) is 1.24. The Morgan fingerprint density at radius 2 is 2.00 bits per heavy atom. The van der Waals surface area contributed by atoms with Gasteiger partial charge in [0.1, 0.15) is 5.69 Å². The van der Waals surface area contributed by atoms with E-state index in [2.05, 4.69) is 5.16 Å². The smallest absolute Gasteiger partial charge is 0.167 e. The van der Waals surface area contributed by atoms with E-state index in [-0.39, 0.29) is 6.04 Å². The molecule has 2 N–H and O–H groups in total. The van der Waals surface area contributed by atoms with Crippen LogP contribution in [0.3, 0.4) is 0 Å². The molecule has 2 aromatic rings.